The van der Waals surface area contributed by atoms with Crippen LogP contribution >= 0.6 is 22.9 Å². The van der Waals surface area contributed by atoms with Crippen molar-refractivity contribution in [2.24, 2.45) is 17.8 Å². The zero-order chi connectivity index (χ0) is 16.4. The van der Waals surface area contributed by atoms with E-state index in [1.165, 1.54) is 30.6 Å². The van der Waals surface area contributed by atoms with E-state index < -0.39 is 5.91 Å². The fourth-order valence-corrected chi connectivity index (χ4v) is 3.96. The van der Waals surface area contributed by atoms with Crippen LogP contribution in [0.3, 0.4) is 0 Å². The highest BCUT2D eigenvalue weighted by molar-refractivity contribution is 7.12. The van der Waals surface area contributed by atoms with Gasteiger partial charge in [0.1, 0.15) is 5.01 Å². The fraction of sp³-hybridized carbons (Fsp3) is 0.438. The Morgan fingerprint density at radius 2 is 2.13 bits per heavy atom. The molecule has 5 nitrogen and oxygen atoms in total. The van der Waals surface area contributed by atoms with E-state index in [1.54, 1.807) is 16.8 Å². The predicted molar refractivity (Wildman–Crippen MR) is 92.5 cm³/mol. The van der Waals surface area contributed by atoms with Gasteiger partial charge in [0.05, 0.1) is 16.6 Å². The first-order valence-corrected chi connectivity index (χ1v) is 8.92. The van der Waals surface area contributed by atoms with Crippen molar-refractivity contribution in [2.75, 3.05) is 0 Å². The van der Waals surface area contributed by atoms with Crippen molar-refractivity contribution in [3.05, 3.63) is 33.6 Å². The van der Waals surface area contributed by atoms with Gasteiger partial charge in [0.15, 0.2) is 0 Å². The quantitative estimate of drug-likeness (QED) is 0.923. The molecule has 0 unspecified atom stereocenters. The number of amides is 1. The fourth-order valence-electron chi connectivity index (χ4n) is 2.79. The van der Waals surface area contributed by atoms with Crippen LogP contribution in [0.25, 0.3) is 10.6 Å². The molecule has 2 aromatic rings. The molecule has 0 bridgehead atoms. The van der Waals surface area contributed by atoms with Crippen molar-refractivity contribution < 1.29 is 4.79 Å². The van der Waals surface area contributed by atoms with E-state index >= 15 is 0 Å². The number of halogens is 1. The molecule has 2 N–H and O–H groups in total. The van der Waals surface area contributed by atoms with E-state index in [2.05, 4.69) is 5.10 Å². The third-order valence-electron chi connectivity index (χ3n) is 4.05. The molecule has 1 fully saturated rings. The Morgan fingerprint density at radius 3 is 2.83 bits per heavy atom. The van der Waals surface area contributed by atoms with Gasteiger partial charge in [0.25, 0.3) is 0 Å². The molecule has 1 heterocycles. The zero-order valence-corrected chi connectivity index (χ0v) is 14.5. The standard InChI is InChI=1S/C16H19ClN4OS/c1-21-16(19-11-5-3-2-4-6-11)23-15(20-21)10-7-8-13(17)12(9-10)14(18)22/h7-9,11H,2-6H2,1H3,(H2,18,22)/b19-16+. The molecule has 1 amide bonds. The maximum atomic E-state index is 11.4. The lowest BCUT2D eigenvalue weighted by Crippen LogP contribution is -2.18. The second-order valence-corrected chi connectivity index (χ2v) is 7.16. The van der Waals surface area contributed by atoms with Gasteiger partial charge >= 0.3 is 0 Å². The molecule has 122 valence electrons. The highest BCUT2D eigenvalue weighted by atomic mass is 35.5. The average Bonchev–Trinajstić information content (AvgIpc) is 2.89. The van der Waals surface area contributed by atoms with E-state index in [0.29, 0.717) is 16.6 Å². The first-order chi connectivity index (χ1) is 11.0. The predicted octanol–water partition coefficient (Wildman–Crippen LogP) is 3.13. The molecule has 0 saturated heterocycles. The molecule has 0 atom stereocenters. The van der Waals surface area contributed by atoms with Crippen molar-refractivity contribution in [3.63, 3.8) is 0 Å². The van der Waals surface area contributed by atoms with E-state index in [4.69, 9.17) is 22.3 Å². The number of primary amides is 1. The molecule has 0 spiro atoms. The van der Waals surface area contributed by atoms with Gasteiger partial charge in [-0.1, -0.05) is 48.3 Å². The minimum atomic E-state index is -0.537. The molecule has 7 heteroatoms. The third-order valence-corrected chi connectivity index (χ3v) is 5.44. The van der Waals surface area contributed by atoms with Gasteiger partial charge in [-0.3, -0.25) is 9.79 Å². The summed E-state index contributed by atoms with van der Waals surface area (Å²) in [5, 5.41) is 5.69. The highest BCUT2D eigenvalue weighted by Crippen LogP contribution is 2.25. The Kier molecular flexibility index (Phi) is 4.82. The third kappa shape index (κ3) is 3.64. The number of rotatable bonds is 3. The van der Waals surface area contributed by atoms with Crippen molar-refractivity contribution >= 4 is 28.8 Å². The Morgan fingerprint density at radius 1 is 1.39 bits per heavy atom. The zero-order valence-electron chi connectivity index (χ0n) is 13.0. The number of hydrogen-bond acceptors (Lipinski definition) is 4. The Bertz CT molecular complexity index is 790. The molecule has 0 radical (unpaired) electrons. The van der Waals surface area contributed by atoms with Gasteiger partial charge in [-0.05, 0) is 25.0 Å². The van der Waals surface area contributed by atoms with Crippen LogP contribution in [0.2, 0.25) is 5.02 Å². The molecule has 1 aliphatic rings. The van der Waals surface area contributed by atoms with Crippen LogP contribution in [0.5, 0.6) is 0 Å². The van der Waals surface area contributed by atoms with Crippen LogP contribution in [-0.4, -0.2) is 21.7 Å². The van der Waals surface area contributed by atoms with Crippen LogP contribution < -0.4 is 10.5 Å². The topological polar surface area (TPSA) is 73.3 Å². The van der Waals surface area contributed by atoms with Gasteiger partial charge in [0, 0.05) is 12.6 Å². The summed E-state index contributed by atoms with van der Waals surface area (Å²) in [6, 6.07) is 5.61. The summed E-state index contributed by atoms with van der Waals surface area (Å²) >= 11 is 7.52. The monoisotopic (exact) mass is 350 g/mol. The lowest BCUT2D eigenvalue weighted by Gasteiger charge is -2.16. The number of nitrogens with two attached hydrogens (primary N) is 1. The van der Waals surface area contributed by atoms with Gasteiger partial charge < -0.3 is 5.73 Å². The summed E-state index contributed by atoms with van der Waals surface area (Å²) in [5.74, 6) is -0.537. The lowest BCUT2D eigenvalue weighted by atomic mass is 9.96. The van der Waals surface area contributed by atoms with Crippen LogP contribution in [0.1, 0.15) is 42.5 Å². The first-order valence-electron chi connectivity index (χ1n) is 7.72. The summed E-state index contributed by atoms with van der Waals surface area (Å²) in [5.41, 5.74) is 6.50. The molecule has 1 aliphatic carbocycles. The number of benzene rings is 1. The number of aryl methyl sites for hydroxylation is 1. The summed E-state index contributed by atoms with van der Waals surface area (Å²) in [7, 11) is 1.90. The van der Waals surface area contributed by atoms with Crippen molar-refractivity contribution in [1.82, 2.24) is 9.78 Å². The van der Waals surface area contributed by atoms with Gasteiger partial charge in [0.2, 0.25) is 10.7 Å². The lowest BCUT2D eigenvalue weighted by molar-refractivity contribution is 0.100. The second kappa shape index (κ2) is 6.84. The maximum absolute atomic E-state index is 11.4. The van der Waals surface area contributed by atoms with Crippen molar-refractivity contribution in [1.29, 1.82) is 0 Å². The molecule has 1 aromatic carbocycles. The molecular formula is C16H19ClN4OS. The van der Waals surface area contributed by atoms with Crippen molar-refractivity contribution in [2.45, 2.75) is 38.1 Å². The van der Waals surface area contributed by atoms with E-state index in [-0.39, 0.29) is 0 Å². The molecule has 1 aromatic heterocycles. The number of aromatic nitrogens is 2. The van der Waals surface area contributed by atoms with Crippen LogP contribution in [0, 0.1) is 0 Å². The minimum absolute atomic E-state index is 0.313. The molecule has 1 saturated carbocycles. The van der Waals surface area contributed by atoms with Gasteiger partial charge in [-0.2, -0.15) is 5.10 Å². The summed E-state index contributed by atoms with van der Waals surface area (Å²) < 4.78 is 1.80. The normalized spacial score (nSPS) is 16.7. The van der Waals surface area contributed by atoms with Crippen LogP contribution in [0.15, 0.2) is 23.2 Å². The molecule has 23 heavy (non-hydrogen) atoms. The van der Waals surface area contributed by atoms with E-state index in [1.807, 2.05) is 13.1 Å². The molecule has 0 aliphatic heterocycles. The van der Waals surface area contributed by atoms with E-state index in [9.17, 15) is 4.79 Å². The number of hydrogen-bond donors (Lipinski definition) is 1. The minimum Gasteiger partial charge on any atom is -0.366 e. The van der Waals surface area contributed by atoms with Crippen molar-refractivity contribution in [3.8, 4) is 10.6 Å². The SMILES string of the molecule is Cn1nc(-c2ccc(Cl)c(C(N)=O)c2)s/c1=N/C1CCCCC1. The Hall–Kier alpha value is -1.66. The van der Waals surface area contributed by atoms with Gasteiger partial charge in [-0.25, -0.2) is 4.68 Å². The number of carbonyl (C=O) groups excluding carboxylic acids is 1. The van der Waals surface area contributed by atoms with Crippen LogP contribution in [-0.2, 0) is 7.05 Å². The number of carbonyl (C=O) groups is 1. The van der Waals surface area contributed by atoms with Gasteiger partial charge in [-0.15, -0.1) is 0 Å². The maximum Gasteiger partial charge on any atom is 0.250 e. The second-order valence-electron chi connectivity index (χ2n) is 5.79. The largest absolute Gasteiger partial charge is 0.366 e. The molecular weight excluding hydrogens is 332 g/mol. The smallest absolute Gasteiger partial charge is 0.250 e. The van der Waals surface area contributed by atoms with Crippen LogP contribution in [0.4, 0.5) is 0 Å². The number of nitrogens with zero attached hydrogens (tertiary/aromatic N) is 3. The summed E-state index contributed by atoms with van der Waals surface area (Å²) in [6.45, 7) is 0. The Labute approximate surface area is 143 Å². The Balaban J connectivity index is 1.96. The average molecular weight is 351 g/mol. The molecule has 3 rings (SSSR count). The van der Waals surface area contributed by atoms with E-state index in [0.717, 1.165) is 28.2 Å². The highest BCUT2D eigenvalue weighted by Gasteiger charge is 2.14. The summed E-state index contributed by atoms with van der Waals surface area (Å²) in [6.07, 6.45) is 6.12. The first kappa shape index (κ1) is 16.2. The summed E-state index contributed by atoms with van der Waals surface area (Å²) in [4.78, 5) is 17.2.